The van der Waals surface area contributed by atoms with Crippen LogP contribution >= 0.6 is 11.6 Å². The number of hydrogen-bond donors (Lipinski definition) is 2. The summed E-state index contributed by atoms with van der Waals surface area (Å²) in [7, 11) is 0. The van der Waals surface area contributed by atoms with Gasteiger partial charge in [0.2, 0.25) is 5.82 Å². The van der Waals surface area contributed by atoms with Crippen molar-refractivity contribution >= 4 is 29.3 Å². The Labute approximate surface area is 161 Å². The predicted octanol–water partition coefficient (Wildman–Crippen LogP) is 0.563. The van der Waals surface area contributed by atoms with Crippen LogP contribution in [0.2, 0.25) is 5.02 Å². The zero-order chi connectivity index (χ0) is 19.1. The molecule has 0 radical (unpaired) electrons. The number of aromatic carboxylic acids is 1. The average Bonchev–Trinajstić information content (AvgIpc) is 2.63. The second kappa shape index (κ2) is 10.0. The third-order valence-corrected chi connectivity index (χ3v) is 3.69. The number of carbonyl (C=O) groups excluding carboxylic acids is 1. The van der Waals surface area contributed by atoms with Crippen molar-refractivity contribution < 1.29 is 20.4 Å². The summed E-state index contributed by atoms with van der Waals surface area (Å²) < 4.78 is 0. The van der Waals surface area contributed by atoms with Crippen LogP contribution in [-0.2, 0) is 6.42 Å². The second-order valence-electron chi connectivity index (χ2n) is 5.25. The van der Waals surface area contributed by atoms with Crippen molar-refractivity contribution in [2.24, 2.45) is 0 Å². The molecule has 0 unspecified atom stereocenters. The number of halogens is 1. The molecule has 9 heteroatoms. The van der Waals surface area contributed by atoms with E-state index >= 15 is 0 Å². The van der Waals surface area contributed by atoms with Crippen molar-refractivity contribution in [1.29, 1.82) is 0 Å². The van der Waals surface area contributed by atoms with Crippen LogP contribution in [0.5, 0.6) is 0 Å². The van der Waals surface area contributed by atoms with Gasteiger partial charge in [-0.1, -0.05) is 36.7 Å². The molecule has 142 valence electrons. The maximum absolute atomic E-state index is 10.0. The van der Waals surface area contributed by atoms with Crippen LogP contribution in [0.15, 0.2) is 48.8 Å². The number of H-pyrrole nitrogens is 1. The van der Waals surface area contributed by atoms with Crippen LogP contribution in [0.3, 0.4) is 0 Å². The van der Waals surface area contributed by atoms with E-state index in [9.17, 15) is 9.90 Å². The van der Waals surface area contributed by atoms with E-state index in [2.05, 4.69) is 15.0 Å². The number of aromatic nitrogens is 3. The van der Waals surface area contributed by atoms with Crippen LogP contribution in [0, 0.1) is 0 Å². The molecule has 2 heterocycles. The monoisotopic (exact) mass is 389 g/mol. The van der Waals surface area contributed by atoms with Gasteiger partial charge >= 0.3 is 5.95 Å². The Morgan fingerprint density at radius 2 is 1.89 bits per heavy atom. The molecule has 3 aromatic rings. The molecular weight excluding hydrogens is 370 g/mol. The van der Waals surface area contributed by atoms with Gasteiger partial charge in [-0.15, -0.1) is 4.98 Å². The second-order valence-corrected chi connectivity index (χ2v) is 5.68. The number of rotatable bonds is 3. The maximum Gasteiger partial charge on any atom is 0.342 e. The molecule has 0 amide bonds. The fourth-order valence-electron chi connectivity index (χ4n) is 2.26. The summed E-state index contributed by atoms with van der Waals surface area (Å²) in [5.74, 6) is -0.336. The van der Waals surface area contributed by atoms with Crippen molar-refractivity contribution in [3.8, 4) is 11.1 Å². The predicted molar refractivity (Wildman–Crippen MR) is 102 cm³/mol. The molecule has 0 bridgehead atoms. The molecule has 0 saturated carbocycles. The molecule has 3 rings (SSSR count). The van der Waals surface area contributed by atoms with Gasteiger partial charge in [0.1, 0.15) is 5.69 Å². The zero-order valence-electron chi connectivity index (χ0n) is 14.6. The number of aromatic amines is 1. The summed E-state index contributed by atoms with van der Waals surface area (Å²) in [6, 6.07) is 10.5. The van der Waals surface area contributed by atoms with Crippen LogP contribution < -0.4 is 21.6 Å². The molecule has 0 spiro atoms. The lowest BCUT2D eigenvalue weighted by Gasteiger charge is -2.07. The number of carboxylic acid groups (broad SMARTS) is 1. The minimum Gasteiger partial charge on any atom is -0.545 e. The molecule has 0 aliphatic carbocycles. The topological polar surface area (TPSA) is 164 Å². The Bertz CT molecular complexity index is 890. The normalized spacial score (nSPS) is 9.56. The van der Waals surface area contributed by atoms with Crippen molar-refractivity contribution in [2.45, 2.75) is 13.3 Å². The van der Waals surface area contributed by atoms with E-state index in [0.29, 0.717) is 16.8 Å². The van der Waals surface area contributed by atoms with E-state index in [1.165, 1.54) is 18.5 Å². The third-order valence-electron chi connectivity index (χ3n) is 3.44. The summed E-state index contributed by atoms with van der Waals surface area (Å²) in [6.45, 7) is 2.01. The number of carbonyl (C=O) groups is 1. The van der Waals surface area contributed by atoms with E-state index < -0.39 is 5.97 Å². The summed E-state index contributed by atoms with van der Waals surface area (Å²) in [5, 5.41) is 10.7. The van der Waals surface area contributed by atoms with Gasteiger partial charge in [0.05, 0.1) is 11.5 Å². The quantitative estimate of drug-likeness (QED) is 0.664. The van der Waals surface area contributed by atoms with Crippen molar-refractivity contribution in [2.75, 3.05) is 11.5 Å². The third kappa shape index (κ3) is 5.91. The molecule has 27 heavy (non-hydrogen) atoms. The van der Waals surface area contributed by atoms with Crippen molar-refractivity contribution in [3.63, 3.8) is 0 Å². The first-order chi connectivity index (χ1) is 12.4. The van der Waals surface area contributed by atoms with E-state index in [1.54, 1.807) is 6.07 Å². The number of anilines is 2. The van der Waals surface area contributed by atoms with Gasteiger partial charge in [0.25, 0.3) is 0 Å². The number of hydrogen-bond acceptors (Lipinski definition) is 6. The molecule has 0 aliphatic rings. The van der Waals surface area contributed by atoms with E-state index in [0.717, 1.165) is 23.2 Å². The summed E-state index contributed by atoms with van der Waals surface area (Å²) >= 11 is 5.86. The number of carboxylic acids is 1. The average molecular weight is 390 g/mol. The summed E-state index contributed by atoms with van der Waals surface area (Å²) in [5.41, 5.74) is 14.4. The summed E-state index contributed by atoms with van der Waals surface area (Å²) in [6.07, 6.45) is 3.52. The van der Waals surface area contributed by atoms with Crippen LogP contribution in [0.4, 0.5) is 11.8 Å². The number of nitrogens with one attached hydrogen (secondary N) is 1. The highest BCUT2D eigenvalue weighted by molar-refractivity contribution is 6.30. The Morgan fingerprint density at radius 3 is 2.37 bits per heavy atom. The Morgan fingerprint density at radius 1 is 1.22 bits per heavy atom. The minimum absolute atomic E-state index is 0. The van der Waals surface area contributed by atoms with Crippen LogP contribution in [0.1, 0.15) is 23.0 Å². The fourth-order valence-corrected chi connectivity index (χ4v) is 2.39. The Hall–Kier alpha value is -3.23. The zero-order valence-corrected chi connectivity index (χ0v) is 15.3. The first-order valence-corrected chi connectivity index (χ1v) is 8.14. The number of nitrogens with two attached hydrogens (primary N) is 2. The van der Waals surface area contributed by atoms with Gasteiger partial charge < -0.3 is 26.8 Å². The lowest BCUT2D eigenvalue weighted by atomic mass is 10.0. The van der Waals surface area contributed by atoms with Gasteiger partial charge in [0, 0.05) is 23.0 Å². The SMILES string of the molecule is CCc1nc(N)[nH+]c(N)c1-c1ccc(Cl)cc1.O.O=C([O-])c1cccnc1. The largest absolute Gasteiger partial charge is 0.545 e. The molecular formula is C18H20ClN5O3. The maximum atomic E-state index is 10.0. The van der Waals surface area contributed by atoms with Crippen LogP contribution in [0.25, 0.3) is 11.1 Å². The van der Waals surface area contributed by atoms with Gasteiger partial charge in [-0.2, -0.15) is 0 Å². The van der Waals surface area contributed by atoms with Gasteiger partial charge in [-0.3, -0.25) is 4.98 Å². The summed E-state index contributed by atoms with van der Waals surface area (Å²) in [4.78, 5) is 20.7. The number of aryl methyl sites for hydroxylation is 1. The van der Waals surface area contributed by atoms with Gasteiger partial charge in [0.15, 0.2) is 0 Å². The smallest absolute Gasteiger partial charge is 0.342 e. The highest BCUT2D eigenvalue weighted by Crippen LogP contribution is 2.27. The Kier molecular flexibility index (Phi) is 8.12. The highest BCUT2D eigenvalue weighted by Gasteiger charge is 2.15. The lowest BCUT2D eigenvalue weighted by molar-refractivity contribution is -0.346. The number of nitrogens with zero attached hydrogens (tertiary/aromatic N) is 2. The first kappa shape index (κ1) is 21.8. The van der Waals surface area contributed by atoms with Gasteiger partial charge in [-0.05, 0) is 30.2 Å². The first-order valence-electron chi connectivity index (χ1n) is 7.76. The van der Waals surface area contributed by atoms with Crippen molar-refractivity contribution in [3.05, 3.63) is 65.1 Å². The lowest BCUT2D eigenvalue weighted by Crippen LogP contribution is -2.22. The van der Waals surface area contributed by atoms with Gasteiger partial charge in [-0.25, -0.2) is 4.98 Å². The molecule has 2 aromatic heterocycles. The minimum atomic E-state index is -1.19. The molecule has 0 fully saturated rings. The molecule has 0 saturated heterocycles. The molecule has 8 nitrogen and oxygen atoms in total. The highest BCUT2D eigenvalue weighted by atomic mass is 35.5. The van der Waals surface area contributed by atoms with E-state index in [-0.39, 0.29) is 11.0 Å². The molecule has 7 N–H and O–H groups in total. The van der Waals surface area contributed by atoms with E-state index in [4.69, 9.17) is 23.1 Å². The Balaban J connectivity index is 0.000000310. The molecule has 0 atom stereocenters. The standard InChI is InChI=1S/C12H13ClN4.C6H5NO2.H2O/c1-2-9-10(11(14)17-12(15)16-9)7-3-5-8(13)6-4-7;8-6(9)5-2-1-3-7-4-5;/h3-6H,2H2,1H3,(H4,14,15,16,17);1-4H,(H,8,9);1H2. The molecule has 1 aromatic carbocycles. The number of nitrogen functional groups attached to an aromatic ring is 2. The number of benzene rings is 1. The van der Waals surface area contributed by atoms with Crippen LogP contribution in [-0.4, -0.2) is 21.4 Å². The fraction of sp³-hybridized carbons (Fsp3) is 0.111. The number of pyridine rings is 1. The molecule has 0 aliphatic heterocycles. The van der Waals surface area contributed by atoms with E-state index in [1.807, 2.05) is 31.2 Å². The van der Waals surface area contributed by atoms with Crippen molar-refractivity contribution in [1.82, 2.24) is 9.97 Å².